The lowest BCUT2D eigenvalue weighted by atomic mass is 10.2. The van der Waals surface area contributed by atoms with Crippen molar-refractivity contribution in [1.29, 1.82) is 0 Å². The molecule has 28 heavy (non-hydrogen) atoms. The molecule has 6 nitrogen and oxygen atoms in total. The Morgan fingerprint density at radius 3 is 2.50 bits per heavy atom. The number of rotatable bonds is 5. The molecule has 3 aromatic rings. The van der Waals surface area contributed by atoms with Gasteiger partial charge in [-0.25, -0.2) is 18.0 Å². The van der Waals surface area contributed by atoms with Gasteiger partial charge in [-0.1, -0.05) is 0 Å². The van der Waals surface area contributed by atoms with E-state index in [1.807, 2.05) is 0 Å². The molecule has 1 N–H and O–H groups in total. The molecule has 2 aromatic carbocycles. The monoisotopic (exact) mass is 389 g/mol. The van der Waals surface area contributed by atoms with E-state index in [9.17, 15) is 18.0 Å². The SMILES string of the molecule is O=c1nc(OCc2cc(F)c(Oc3ccc(F)cc3)c(F)c2)cc2n1CCN2. The summed E-state index contributed by atoms with van der Waals surface area (Å²) in [5.41, 5.74) is -0.269. The molecule has 2 heterocycles. The lowest BCUT2D eigenvalue weighted by Gasteiger charge is -2.11. The lowest BCUT2D eigenvalue weighted by Crippen LogP contribution is -2.21. The Morgan fingerprint density at radius 1 is 1.07 bits per heavy atom. The molecule has 0 saturated carbocycles. The summed E-state index contributed by atoms with van der Waals surface area (Å²) in [6, 6.07) is 8.42. The van der Waals surface area contributed by atoms with E-state index in [2.05, 4.69) is 10.3 Å². The molecule has 0 saturated heterocycles. The van der Waals surface area contributed by atoms with Crippen LogP contribution in [-0.2, 0) is 13.2 Å². The van der Waals surface area contributed by atoms with Crippen LogP contribution in [-0.4, -0.2) is 16.1 Å². The van der Waals surface area contributed by atoms with Crippen molar-refractivity contribution in [2.45, 2.75) is 13.2 Å². The molecule has 144 valence electrons. The summed E-state index contributed by atoms with van der Waals surface area (Å²) in [6.07, 6.45) is 0. The molecule has 0 spiro atoms. The summed E-state index contributed by atoms with van der Waals surface area (Å²) in [5, 5.41) is 3.01. The van der Waals surface area contributed by atoms with E-state index in [0.29, 0.717) is 18.9 Å². The molecule has 9 heteroatoms. The van der Waals surface area contributed by atoms with Gasteiger partial charge >= 0.3 is 5.69 Å². The highest BCUT2D eigenvalue weighted by molar-refractivity contribution is 5.41. The van der Waals surface area contributed by atoms with Crippen LogP contribution in [0.2, 0.25) is 0 Å². The summed E-state index contributed by atoms with van der Waals surface area (Å²) in [6.45, 7) is 0.945. The Kier molecular flexibility index (Phi) is 4.64. The minimum Gasteiger partial charge on any atom is -0.473 e. The maximum atomic E-state index is 14.3. The molecule has 1 aromatic heterocycles. The third kappa shape index (κ3) is 3.64. The van der Waals surface area contributed by atoms with E-state index in [1.165, 1.54) is 16.7 Å². The first kappa shape index (κ1) is 17.9. The second-order valence-electron chi connectivity index (χ2n) is 6.07. The van der Waals surface area contributed by atoms with E-state index >= 15 is 0 Å². The number of ether oxygens (including phenoxy) is 2. The van der Waals surface area contributed by atoms with Crippen LogP contribution >= 0.6 is 0 Å². The molecule has 1 aliphatic rings. The quantitative estimate of drug-likeness (QED) is 0.724. The lowest BCUT2D eigenvalue weighted by molar-refractivity contribution is 0.289. The van der Waals surface area contributed by atoms with Crippen molar-refractivity contribution >= 4 is 5.82 Å². The summed E-state index contributed by atoms with van der Waals surface area (Å²) < 4.78 is 53.5. The molecule has 0 atom stereocenters. The highest BCUT2D eigenvalue weighted by atomic mass is 19.1. The molecule has 1 aliphatic heterocycles. The molecule has 0 fully saturated rings. The average Bonchev–Trinajstić information content (AvgIpc) is 3.14. The number of aromatic nitrogens is 2. The van der Waals surface area contributed by atoms with E-state index in [-0.39, 0.29) is 23.8 Å². The molecule has 0 unspecified atom stereocenters. The predicted octanol–water partition coefficient (Wildman–Crippen LogP) is 3.46. The number of hydrogen-bond donors (Lipinski definition) is 1. The Labute approximate surface area is 157 Å². The van der Waals surface area contributed by atoms with Gasteiger partial charge in [0, 0.05) is 19.2 Å². The van der Waals surface area contributed by atoms with E-state index in [4.69, 9.17) is 9.47 Å². The zero-order chi connectivity index (χ0) is 19.7. The Bertz CT molecular complexity index is 1060. The van der Waals surface area contributed by atoms with Gasteiger partial charge in [-0.15, -0.1) is 0 Å². The average molecular weight is 389 g/mol. The first-order chi connectivity index (χ1) is 13.5. The number of fused-ring (bicyclic) bond motifs is 1. The van der Waals surface area contributed by atoms with Gasteiger partial charge in [0.2, 0.25) is 5.88 Å². The highest BCUT2D eigenvalue weighted by Crippen LogP contribution is 2.29. The molecular weight excluding hydrogens is 375 g/mol. The number of hydrogen-bond acceptors (Lipinski definition) is 5. The molecular formula is C19H14F3N3O3. The molecule has 0 aliphatic carbocycles. The van der Waals surface area contributed by atoms with E-state index < -0.39 is 28.9 Å². The van der Waals surface area contributed by atoms with Crippen molar-refractivity contribution in [3.63, 3.8) is 0 Å². The fraction of sp³-hybridized carbons (Fsp3) is 0.158. The summed E-state index contributed by atoms with van der Waals surface area (Å²) >= 11 is 0. The number of nitrogens with zero attached hydrogens (tertiary/aromatic N) is 2. The van der Waals surface area contributed by atoms with Gasteiger partial charge in [0.15, 0.2) is 17.4 Å². The molecule has 0 amide bonds. The largest absolute Gasteiger partial charge is 0.473 e. The van der Waals surface area contributed by atoms with Crippen molar-refractivity contribution in [2.75, 3.05) is 11.9 Å². The van der Waals surface area contributed by atoms with Gasteiger partial charge in [-0.2, -0.15) is 4.98 Å². The normalized spacial score (nSPS) is 12.4. The van der Waals surface area contributed by atoms with Crippen LogP contribution in [0.15, 0.2) is 47.3 Å². The minimum absolute atomic E-state index is 0.0538. The van der Waals surface area contributed by atoms with Crippen molar-refractivity contribution < 1.29 is 22.6 Å². The van der Waals surface area contributed by atoms with Crippen LogP contribution in [0.3, 0.4) is 0 Å². The van der Waals surface area contributed by atoms with Gasteiger partial charge in [-0.05, 0) is 42.0 Å². The van der Waals surface area contributed by atoms with Gasteiger partial charge in [-0.3, -0.25) is 4.57 Å². The van der Waals surface area contributed by atoms with Crippen LogP contribution in [0.1, 0.15) is 5.56 Å². The number of benzene rings is 2. The van der Waals surface area contributed by atoms with Gasteiger partial charge < -0.3 is 14.8 Å². The number of halogens is 3. The fourth-order valence-electron chi connectivity index (χ4n) is 2.79. The highest BCUT2D eigenvalue weighted by Gasteiger charge is 2.16. The molecule has 0 bridgehead atoms. The van der Waals surface area contributed by atoms with Crippen LogP contribution in [0.25, 0.3) is 0 Å². The second kappa shape index (κ2) is 7.26. The predicted molar refractivity (Wildman–Crippen MR) is 94.2 cm³/mol. The summed E-state index contributed by atoms with van der Waals surface area (Å²) in [7, 11) is 0. The maximum Gasteiger partial charge on any atom is 0.352 e. The van der Waals surface area contributed by atoms with Crippen LogP contribution < -0.4 is 20.5 Å². The summed E-state index contributed by atoms with van der Waals surface area (Å²) in [5.74, 6) is -2.24. The standard InChI is InChI=1S/C19H14F3N3O3/c20-12-1-3-13(4-2-12)28-18-14(21)7-11(8-15(18)22)10-27-17-9-16-23-5-6-25(16)19(26)24-17/h1-4,7-9,23H,5-6,10H2. The van der Waals surface area contributed by atoms with Crippen LogP contribution in [0.4, 0.5) is 19.0 Å². The maximum absolute atomic E-state index is 14.3. The third-order valence-corrected chi connectivity index (χ3v) is 4.11. The fourth-order valence-corrected chi connectivity index (χ4v) is 2.79. The van der Waals surface area contributed by atoms with E-state index in [0.717, 1.165) is 24.3 Å². The summed E-state index contributed by atoms with van der Waals surface area (Å²) in [4.78, 5) is 15.7. The van der Waals surface area contributed by atoms with Crippen LogP contribution in [0.5, 0.6) is 17.4 Å². The molecule has 4 rings (SSSR count). The third-order valence-electron chi connectivity index (χ3n) is 4.11. The molecule has 0 radical (unpaired) electrons. The smallest absolute Gasteiger partial charge is 0.352 e. The van der Waals surface area contributed by atoms with Crippen molar-refractivity contribution in [1.82, 2.24) is 9.55 Å². The topological polar surface area (TPSA) is 65.4 Å². The van der Waals surface area contributed by atoms with Crippen molar-refractivity contribution in [3.05, 3.63) is 76.0 Å². The van der Waals surface area contributed by atoms with Gasteiger partial charge in [0.1, 0.15) is 24.0 Å². The Morgan fingerprint density at radius 2 is 1.79 bits per heavy atom. The van der Waals surface area contributed by atoms with Gasteiger partial charge in [0.05, 0.1) is 0 Å². The zero-order valence-corrected chi connectivity index (χ0v) is 14.4. The minimum atomic E-state index is -0.938. The van der Waals surface area contributed by atoms with Crippen molar-refractivity contribution in [2.24, 2.45) is 0 Å². The Hall–Kier alpha value is -3.49. The first-order valence-corrected chi connectivity index (χ1v) is 8.39. The van der Waals surface area contributed by atoms with Crippen molar-refractivity contribution in [3.8, 4) is 17.4 Å². The first-order valence-electron chi connectivity index (χ1n) is 8.39. The number of anilines is 1. The zero-order valence-electron chi connectivity index (χ0n) is 14.4. The second-order valence-corrected chi connectivity index (χ2v) is 6.07. The van der Waals surface area contributed by atoms with Crippen LogP contribution in [0, 0.1) is 17.5 Å². The Balaban J connectivity index is 1.49. The van der Waals surface area contributed by atoms with E-state index in [1.54, 1.807) is 6.07 Å². The number of nitrogens with one attached hydrogen (secondary N) is 1. The van der Waals surface area contributed by atoms with Gasteiger partial charge in [0.25, 0.3) is 0 Å².